The molecule has 0 aliphatic carbocycles. The normalized spacial score (nSPS) is 18.8. The number of hydrogen-bond acceptors (Lipinski definition) is 2. The SMILES string of the molecule is Cc1ccc(F)cc1CNC(=O)CCC1(Cc2ccc(Cl)cc2)CCC(=O)N1. The summed E-state index contributed by atoms with van der Waals surface area (Å²) in [7, 11) is 0. The zero-order valence-corrected chi connectivity index (χ0v) is 16.6. The number of nitrogens with one attached hydrogen (secondary N) is 2. The van der Waals surface area contributed by atoms with Gasteiger partial charge in [0.2, 0.25) is 11.8 Å². The van der Waals surface area contributed by atoms with E-state index in [0.717, 1.165) is 16.7 Å². The van der Waals surface area contributed by atoms with Gasteiger partial charge in [-0.3, -0.25) is 9.59 Å². The number of aryl methyl sites for hydroxylation is 1. The van der Waals surface area contributed by atoms with Gasteiger partial charge >= 0.3 is 0 Å². The predicted molar refractivity (Wildman–Crippen MR) is 107 cm³/mol. The van der Waals surface area contributed by atoms with Crippen LogP contribution in [0.25, 0.3) is 0 Å². The maximum atomic E-state index is 13.4. The van der Waals surface area contributed by atoms with Crippen LogP contribution < -0.4 is 10.6 Å². The summed E-state index contributed by atoms with van der Waals surface area (Å²) < 4.78 is 13.4. The molecule has 28 heavy (non-hydrogen) atoms. The first-order chi connectivity index (χ1) is 13.3. The molecule has 1 fully saturated rings. The smallest absolute Gasteiger partial charge is 0.220 e. The molecule has 1 unspecified atom stereocenters. The second-order valence-corrected chi connectivity index (χ2v) is 7.92. The number of rotatable bonds is 7. The van der Waals surface area contributed by atoms with Gasteiger partial charge in [0.05, 0.1) is 0 Å². The van der Waals surface area contributed by atoms with Crippen LogP contribution in [0, 0.1) is 12.7 Å². The van der Waals surface area contributed by atoms with Crippen molar-refractivity contribution in [3.05, 3.63) is 70.0 Å². The minimum absolute atomic E-state index is 0.0183. The van der Waals surface area contributed by atoms with E-state index in [2.05, 4.69) is 10.6 Å². The van der Waals surface area contributed by atoms with Gasteiger partial charge in [-0.25, -0.2) is 4.39 Å². The van der Waals surface area contributed by atoms with Crippen LogP contribution in [0.3, 0.4) is 0 Å². The molecule has 2 N–H and O–H groups in total. The fourth-order valence-electron chi connectivity index (χ4n) is 3.64. The molecule has 0 bridgehead atoms. The standard InChI is InChI=1S/C22H24ClFN2O2/c1-15-2-7-19(24)12-17(15)14-25-20(27)8-10-22(11-9-21(28)26-22)13-16-3-5-18(23)6-4-16/h2-7,12H,8-11,13-14H2,1H3,(H,25,27)(H,26,28). The number of carbonyl (C=O) groups is 2. The first-order valence-corrected chi connectivity index (χ1v) is 9.80. The number of benzene rings is 2. The summed E-state index contributed by atoms with van der Waals surface area (Å²) in [6.45, 7) is 2.18. The van der Waals surface area contributed by atoms with Gasteiger partial charge in [-0.2, -0.15) is 0 Å². The fourth-order valence-corrected chi connectivity index (χ4v) is 3.77. The van der Waals surface area contributed by atoms with Crippen LogP contribution in [0.4, 0.5) is 4.39 Å². The van der Waals surface area contributed by atoms with E-state index in [0.29, 0.717) is 43.7 Å². The minimum atomic E-state index is -0.420. The second kappa shape index (κ2) is 8.74. The number of carbonyl (C=O) groups excluding carboxylic acids is 2. The Bertz CT molecular complexity index is 869. The van der Waals surface area contributed by atoms with Gasteiger partial charge in [0, 0.05) is 29.9 Å². The summed E-state index contributed by atoms with van der Waals surface area (Å²) in [4.78, 5) is 24.2. The van der Waals surface area contributed by atoms with Crippen molar-refractivity contribution >= 4 is 23.4 Å². The molecule has 3 rings (SSSR count). The summed E-state index contributed by atoms with van der Waals surface area (Å²) >= 11 is 5.95. The van der Waals surface area contributed by atoms with E-state index in [4.69, 9.17) is 11.6 Å². The van der Waals surface area contributed by atoms with Gasteiger partial charge in [0.15, 0.2) is 0 Å². The zero-order valence-electron chi connectivity index (χ0n) is 15.9. The second-order valence-electron chi connectivity index (χ2n) is 7.48. The molecule has 1 atom stereocenters. The summed E-state index contributed by atoms with van der Waals surface area (Å²) in [5, 5.41) is 6.60. The third-order valence-corrected chi connectivity index (χ3v) is 5.56. The molecule has 2 amide bonds. The molecular formula is C22H24ClFN2O2. The number of hydrogen-bond donors (Lipinski definition) is 2. The molecule has 1 aliphatic rings. The lowest BCUT2D eigenvalue weighted by molar-refractivity contribution is -0.122. The highest BCUT2D eigenvalue weighted by atomic mass is 35.5. The molecule has 2 aromatic carbocycles. The minimum Gasteiger partial charge on any atom is -0.352 e. The third kappa shape index (κ3) is 5.32. The Morgan fingerprint density at radius 3 is 2.68 bits per heavy atom. The van der Waals surface area contributed by atoms with Crippen LogP contribution in [0.5, 0.6) is 0 Å². The molecule has 0 radical (unpaired) electrons. The van der Waals surface area contributed by atoms with E-state index >= 15 is 0 Å². The van der Waals surface area contributed by atoms with Crippen molar-refractivity contribution in [3.8, 4) is 0 Å². The maximum absolute atomic E-state index is 13.4. The first kappa shape index (κ1) is 20.3. The molecule has 1 aliphatic heterocycles. The molecule has 1 saturated heterocycles. The zero-order chi connectivity index (χ0) is 20.1. The molecule has 0 aromatic heterocycles. The highest BCUT2D eigenvalue weighted by molar-refractivity contribution is 6.30. The van der Waals surface area contributed by atoms with Crippen LogP contribution in [-0.4, -0.2) is 17.4 Å². The Balaban J connectivity index is 1.59. The lowest BCUT2D eigenvalue weighted by Gasteiger charge is -2.29. The predicted octanol–water partition coefficient (Wildman–Crippen LogP) is 4.08. The number of halogens is 2. The molecule has 4 nitrogen and oxygen atoms in total. The summed E-state index contributed by atoms with van der Waals surface area (Å²) in [5.41, 5.74) is 2.35. The highest BCUT2D eigenvalue weighted by Gasteiger charge is 2.37. The molecule has 2 aromatic rings. The van der Waals surface area contributed by atoms with Gasteiger partial charge in [-0.1, -0.05) is 29.8 Å². The van der Waals surface area contributed by atoms with Gasteiger partial charge in [-0.15, -0.1) is 0 Å². The lowest BCUT2D eigenvalue weighted by atomic mass is 9.85. The van der Waals surface area contributed by atoms with Crippen molar-refractivity contribution < 1.29 is 14.0 Å². The van der Waals surface area contributed by atoms with Crippen LogP contribution in [-0.2, 0) is 22.6 Å². The van der Waals surface area contributed by atoms with E-state index in [-0.39, 0.29) is 17.6 Å². The molecular weight excluding hydrogens is 379 g/mol. The monoisotopic (exact) mass is 402 g/mol. The van der Waals surface area contributed by atoms with Crippen LogP contribution >= 0.6 is 11.6 Å². The van der Waals surface area contributed by atoms with Gasteiger partial charge in [-0.05, 0) is 67.1 Å². The van der Waals surface area contributed by atoms with Gasteiger partial charge in [0.1, 0.15) is 5.82 Å². The van der Waals surface area contributed by atoms with Gasteiger partial charge < -0.3 is 10.6 Å². The summed E-state index contributed by atoms with van der Waals surface area (Å²) in [6, 6.07) is 12.1. The number of amides is 2. The Morgan fingerprint density at radius 1 is 1.25 bits per heavy atom. The Morgan fingerprint density at radius 2 is 2.00 bits per heavy atom. The van der Waals surface area contributed by atoms with Crippen molar-refractivity contribution in [3.63, 3.8) is 0 Å². The van der Waals surface area contributed by atoms with E-state index in [9.17, 15) is 14.0 Å². The quantitative estimate of drug-likeness (QED) is 0.733. The highest BCUT2D eigenvalue weighted by Crippen LogP contribution is 2.30. The Labute approximate surface area is 169 Å². The summed E-state index contributed by atoms with van der Waals surface area (Å²) in [5.74, 6) is -0.407. The summed E-state index contributed by atoms with van der Waals surface area (Å²) in [6.07, 6.45) is 2.67. The largest absolute Gasteiger partial charge is 0.352 e. The molecule has 1 heterocycles. The topological polar surface area (TPSA) is 58.2 Å². The van der Waals surface area contributed by atoms with Crippen molar-refractivity contribution in [1.29, 1.82) is 0 Å². The third-order valence-electron chi connectivity index (χ3n) is 5.31. The molecule has 0 saturated carbocycles. The van der Waals surface area contributed by atoms with Crippen LogP contribution in [0.15, 0.2) is 42.5 Å². The molecule has 6 heteroatoms. The van der Waals surface area contributed by atoms with Crippen molar-refractivity contribution in [2.45, 2.75) is 51.1 Å². The van der Waals surface area contributed by atoms with Crippen LogP contribution in [0.2, 0.25) is 5.02 Å². The first-order valence-electron chi connectivity index (χ1n) is 9.42. The Hall–Kier alpha value is -2.40. The lowest BCUT2D eigenvalue weighted by Crippen LogP contribution is -2.44. The van der Waals surface area contributed by atoms with Crippen LogP contribution in [0.1, 0.15) is 42.4 Å². The van der Waals surface area contributed by atoms with Crippen molar-refractivity contribution in [2.75, 3.05) is 0 Å². The van der Waals surface area contributed by atoms with E-state index in [1.807, 2.05) is 31.2 Å². The maximum Gasteiger partial charge on any atom is 0.220 e. The fraction of sp³-hybridized carbons (Fsp3) is 0.364. The van der Waals surface area contributed by atoms with E-state index < -0.39 is 5.54 Å². The average molecular weight is 403 g/mol. The van der Waals surface area contributed by atoms with E-state index in [1.165, 1.54) is 12.1 Å². The Kier molecular flexibility index (Phi) is 6.35. The van der Waals surface area contributed by atoms with Crippen molar-refractivity contribution in [2.24, 2.45) is 0 Å². The van der Waals surface area contributed by atoms with Crippen molar-refractivity contribution in [1.82, 2.24) is 10.6 Å². The molecule has 0 spiro atoms. The van der Waals surface area contributed by atoms with Gasteiger partial charge in [0.25, 0.3) is 0 Å². The van der Waals surface area contributed by atoms with E-state index in [1.54, 1.807) is 6.07 Å². The molecule has 148 valence electrons. The average Bonchev–Trinajstić information content (AvgIpc) is 3.03.